The van der Waals surface area contributed by atoms with Gasteiger partial charge in [0.15, 0.2) is 0 Å². The summed E-state index contributed by atoms with van der Waals surface area (Å²) >= 11 is 0. The molecular weight excluding hydrogens is 391 g/mol. The van der Waals surface area contributed by atoms with Crippen LogP contribution in [0.25, 0.3) is 0 Å². The van der Waals surface area contributed by atoms with Crippen LogP contribution in [-0.2, 0) is 12.7 Å². The lowest BCUT2D eigenvalue weighted by molar-refractivity contribution is -0.389. The second kappa shape index (κ2) is 6.99. The Morgan fingerprint density at radius 1 is 1.38 bits per heavy atom. The minimum absolute atomic E-state index is 0.103. The molecule has 0 aliphatic carbocycles. The Balaban J connectivity index is 1.49. The molecule has 0 bridgehead atoms. The first-order valence-electron chi connectivity index (χ1n) is 9.17. The molecule has 1 fully saturated rings. The molecule has 2 unspecified atom stereocenters. The number of aromatic nitrogens is 2. The summed E-state index contributed by atoms with van der Waals surface area (Å²) in [6.07, 6.45) is -3.01. The molecule has 29 heavy (non-hydrogen) atoms. The lowest BCUT2D eigenvalue weighted by Gasteiger charge is -2.40. The predicted molar refractivity (Wildman–Crippen MR) is 96.5 cm³/mol. The monoisotopic (exact) mass is 411 g/mol. The van der Waals surface area contributed by atoms with Crippen molar-refractivity contribution in [2.45, 2.75) is 31.3 Å². The van der Waals surface area contributed by atoms with Gasteiger partial charge in [0.2, 0.25) is 0 Å². The molecule has 8 nitrogen and oxygen atoms in total. The zero-order valence-electron chi connectivity index (χ0n) is 15.6. The van der Waals surface area contributed by atoms with Gasteiger partial charge >= 0.3 is 18.0 Å². The number of ether oxygens (including phenoxy) is 1. The quantitative estimate of drug-likeness (QED) is 0.615. The fourth-order valence-electron chi connectivity index (χ4n) is 3.95. The molecule has 1 saturated heterocycles. The number of halogens is 3. The second-order valence-electron chi connectivity index (χ2n) is 7.63. The van der Waals surface area contributed by atoms with E-state index in [0.717, 1.165) is 24.2 Å². The number of alkyl halides is 3. The molecule has 3 heterocycles. The van der Waals surface area contributed by atoms with Crippen LogP contribution in [0.4, 0.5) is 19.0 Å². The van der Waals surface area contributed by atoms with Crippen LogP contribution in [0.3, 0.4) is 0 Å². The highest BCUT2D eigenvalue weighted by Gasteiger charge is 2.43. The number of nitro groups is 1. The SMILES string of the molecule is CC1(CN2CCNCC2c2ccc(C(F)(F)F)cc2)Cn2cc([N+](=O)[O-])nc2O1. The highest BCUT2D eigenvalue weighted by Crippen LogP contribution is 2.35. The van der Waals surface area contributed by atoms with Gasteiger partial charge in [0.25, 0.3) is 0 Å². The van der Waals surface area contributed by atoms with Crippen molar-refractivity contribution in [3.8, 4) is 6.01 Å². The molecule has 2 atom stereocenters. The van der Waals surface area contributed by atoms with Gasteiger partial charge in [-0.1, -0.05) is 12.1 Å². The van der Waals surface area contributed by atoms with Crippen LogP contribution >= 0.6 is 0 Å². The lowest BCUT2D eigenvalue weighted by atomic mass is 9.98. The van der Waals surface area contributed by atoms with Gasteiger partial charge in [-0.05, 0) is 29.5 Å². The van der Waals surface area contributed by atoms with E-state index in [2.05, 4.69) is 15.2 Å². The van der Waals surface area contributed by atoms with E-state index in [-0.39, 0.29) is 17.9 Å². The summed E-state index contributed by atoms with van der Waals surface area (Å²) in [5.74, 6) is -0.258. The maximum absolute atomic E-state index is 12.8. The molecule has 0 spiro atoms. The summed E-state index contributed by atoms with van der Waals surface area (Å²) in [5.41, 5.74) is -0.520. The summed E-state index contributed by atoms with van der Waals surface area (Å²) in [6.45, 7) is 4.89. The first-order chi connectivity index (χ1) is 13.6. The van der Waals surface area contributed by atoms with Crippen LogP contribution in [0.2, 0.25) is 0 Å². The van der Waals surface area contributed by atoms with Gasteiger partial charge in [-0.2, -0.15) is 13.2 Å². The van der Waals surface area contributed by atoms with E-state index in [0.29, 0.717) is 26.2 Å². The molecule has 2 aromatic rings. The van der Waals surface area contributed by atoms with Crippen LogP contribution in [0.15, 0.2) is 30.5 Å². The van der Waals surface area contributed by atoms with Crippen LogP contribution in [-0.4, -0.2) is 51.2 Å². The molecule has 0 saturated carbocycles. The third-order valence-electron chi connectivity index (χ3n) is 5.27. The van der Waals surface area contributed by atoms with Crippen molar-refractivity contribution in [2.75, 3.05) is 26.2 Å². The van der Waals surface area contributed by atoms with Crippen molar-refractivity contribution in [1.82, 2.24) is 19.8 Å². The average Bonchev–Trinajstić information content (AvgIpc) is 3.16. The van der Waals surface area contributed by atoms with Crippen molar-refractivity contribution in [3.05, 3.63) is 51.7 Å². The van der Waals surface area contributed by atoms with Crippen molar-refractivity contribution in [1.29, 1.82) is 0 Å². The average molecular weight is 411 g/mol. The van der Waals surface area contributed by atoms with Crippen LogP contribution in [0.1, 0.15) is 24.1 Å². The van der Waals surface area contributed by atoms with Gasteiger partial charge < -0.3 is 20.2 Å². The van der Waals surface area contributed by atoms with E-state index in [1.165, 1.54) is 18.3 Å². The maximum atomic E-state index is 12.8. The molecule has 156 valence electrons. The molecule has 4 rings (SSSR count). The van der Waals surface area contributed by atoms with Gasteiger partial charge in [-0.25, -0.2) is 0 Å². The summed E-state index contributed by atoms with van der Waals surface area (Å²) in [4.78, 5) is 16.4. The van der Waals surface area contributed by atoms with E-state index >= 15 is 0 Å². The number of hydrogen-bond acceptors (Lipinski definition) is 6. The van der Waals surface area contributed by atoms with Crippen molar-refractivity contribution in [3.63, 3.8) is 0 Å². The minimum Gasteiger partial charge on any atom is -0.436 e. The largest absolute Gasteiger partial charge is 0.436 e. The van der Waals surface area contributed by atoms with E-state index in [1.807, 2.05) is 6.92 Å². The maximum Gasteiger partial charge on any atom is 0.416 e. The van der Waals surface area contributed by atoms with Gasteiger partial charge in [0, 0.05) is 37.2 Å². The Bertz CT molecular complexity index is 889. The highest BCUT2D eigenvalue weighted by atomic mass is 19.4. The molecule has 0 radical (unpaired) electrons. The van der Waals surface area contributed by atoms with E-state index in [1.54, 1.807) is 4.57 Å². The van der Waals surface area contributed by atoms with Crippen molar-refractivity contribution < 1.29 is 22.8 Å². The molecular formula is C18H20F3N5O3. The second-order valence-corrected chi connectivity index (χ2v) is 7.63. The normalized spacial score (nSPS) is 24.9. The molecule has 2 aliphatic heterocycles. The minimum atomic E-state index is -4.36. The van der Waals surface area contributed by atoms with Gasteiger partial charge in [0.05, 0.1) is 12.1 Å². The van der Waals surface area contributed by atoms with Crippen LogP contribution < -0.4 is 10.1 Å². The molecule has 1 aromatic carbocycles. The number of fused-ring (bicyclic) bond motifs is 1. The Morgan fingerprint density at radius 2 is 2.10 bits per heavy atom. The molecule has 1 N–H and O–H groups in total. The summed E-state index contributed by atoms with van der Waals surface area (Å²) < 4.78 is 46.1. The van der Waals surface area contributed by atoms with E-state index < -0.39 is 22.3 Å². The summed E-state index contributed by atoms with van der Waals surface area (Å²) in [6, 6.07) is 5.34. The van der Waals surface area contributed by atoms with Crippen molar-refractivity contribution >= 4 is 5.82 Å². The lowest BCUT2D eigenvalue weighted by Crippen LogP contribution is -2.53. The summed E-state index contributed by atoms with van der Waals surface area (Å²) in [7, 11) is 0. The van der Waals surface area contributed by atoms with E-state index in [9.17, 15) is 23.3 Å². The smallest absolute Gasteiger partial charge is 0.416 e. The molecule has 1 aromatic heterocycles. The topological polar surface area (TPSA) is 85.5 Å². The Morgan fingerprint density at radius 3 is 2.72 bits per heavy atom. The Hall–Kier alpha value is -2.66. The number of nitrogens with zero attached hydrogens (tertiary/aromatic N) is 4. The number of rotatable bonds is 4. The van der Waals surface area contributed by atoms with Crippen LogP contribution in [0.5, 0.6) is 6.01 Å². The molecule has 0 amide bonds. The fraction of sp³-hybridized carbons (Fsp3) is 0.500. The number of piperazine rings is 1. The number of hydrogen-bond donors (Lipinski definition) is 1. The Kier molecular flexibility index (Phi) is 4.74. The zero-order chi connectivity index (χ0) is 20.8. The van der Waals surface area contributed by atoms with Gasteiger partial charge in [-0.3, -0.25) is 9.47 Å². The number of nitrogens with one attached hydrogen (secondary N) is 1. The van der Waals surface area contributed by atoms with Crippen molar-refractivity contribution in [2.24, 2.45) is 0 Å². The third kappa shape index (κ3) is 3.92. The fourth-order valence-corrected chi connectivity index (χ4v) is 3.95. The Labute approximate surface area is 164 Å². The van der Waals surface area contributed by atoms with Gasteiger partial charge in [0.1, 0.15) is 11.8 Å². The number of benzene rings is 1. The summed E-state index contributed by atoms with van der Waals surface area (Å²) in [5, 5.41) is 14.1. The van der Waals surface area contributed by atoms with Crippen LogP contribution in [0, 0.1) is 10.1 Å². The zero-order valence-corrected chi connectivity index (χ0v) is 15.6. The molecule has 11 heteroatoms. The van der Waals surface area contributed by atoms with Gasteiger partial charge in [-0.15, -0.1) is 0 Å². The first kappa shape index (κ1) is 19.6. The van der Waals surface area contributed by atoms with E-state index in [4.69, 9.17) is 4.74 Å². The highest BCUT2D eigenvalue weighted by molar-refractivity contribution is 5.28. The first-order valence-corrected chi connectivity index (χ1v) is 9.17. The molecule has 2 aliphatic rings. The standard InChI is InChI=1S/C18H20F3N5O3/c1-17(11-25-9-15(26(27)28)23-16(25)29-17)10-24-7-6-22-8-14(24)12-2-4-13(5-3-12)18(19,20)21/h2-5,9,14,22H,6-8,10-11H2,1H3. The predicted octanol–water partition coefficient (Wildman–Crippen LogP) is 2.61. The number of imidazole rings is 1. The third-order valence-corrected chi connectivity index (χ3v) is 5.27.